The van der Waals surface area contributed by atoms with Gasteiger partial charge in [-0.2, -0.15) is 10.5 Å². The number of aromatic carboxylic acids is 1. The highest BCUT2D eigenvalue weighted by Crippen LogP contribution is 2.33. The van der Waals surface area contributed by atoms with Crippen LogP contribution >= 0.6 is 23.5 Å². The lowest BCUT2D eigenvalue weighted by molar-refractivity contribution is 0.0685. The Kier molecular flexibility index (Phi) is 6.92. The maximum atomic E-state index is 11.2. The van der Waals surface area contributed by atoms with Crippen LogP contribution < -0.4 is 0 Å². The van der Waals surface area contributed by atoms with Crippen molar-refractivity contribution in [1.29, 1.82) is 10.5 Å². The van der Waals surface area contributed by atoms with Gasteiger partial charge in [-0.1, -0.05) is 6.92 Å². The Balaban J connectivity index is 2.85. The lowest BCUT2D eigenvalue weighted by Crippen LogP contribution is -2.04. The van der Waals surface area contributed by atoms with Crippen LogP contribution in [0.1, 0.15) is 23.8 Å². The Morgan fingerprint density at radius 1 is 1.45 bits per heavy atom. The van der Waals surface area contributed by atoms with Crippen LogP contribution in [0.25, 0.3) is 0 Å². The van der Waals surface area contributed by atoms with Gasteiger partial charge in [-0.25, -0.2) is 9.78 Å². The minimum Gasteiger partial charge on any atom is -0.476 e. The third-order valence-corrected chi connectivity index (χ3v) is 4.55. The molecule has 0 spiro atoms. The maximum Gasteiger partial charge on any atom is 0.355 e. The molecule has 1 N–H and O–H groups in total. The molecule has 0 aliphatic heterocycles. The lowest BCUT2D eigenvalue weighted by atomic mass is 10.1. The smallest absolute Gasteiger partial charge is 0.355 e. The molecule has 1 aromatic heterocycles. The van der Waals surface area contributed by atoms with Crippen LogP contribution in [-0.4, -0.2) is 27.6 Å². The van der Waals surface area contributed by atoms with Crippen molar-refractivity contribution in [1.82, 2.24) is 4.98 Å². The van der Waals surface area contributed by atoms with Gasteiger partial charge in [-0.3, -0.25) is 0 Å². The maximum absolute atomic E-state index is 11.2. The quantitative estimate of drug-likeness (QED) is 0.773. The number of rotatable bonds is 7. The summed E-state index contributed by atoms with van der Waals surface area (Å²) in [5.74, 6) is -0.328. The predicted octanol–water partition coefficient (Wildman–Crippen LogP) is 3.04. The van der Waals surface area contributed by atoms with Crippen LogP contribution in [0.5, 0.6) is 0 Å². The zero-order valence-electron chi connectivity index (χ0n) is 10.9. The number of pyridine rings is 1. The third kappa shape index (κ3) is 4.44. The Labute approximate surface area is 126 Å². The van der Waals surface area contributed by atoms with Crippen molar-refractivity contribution in [2.24, 2.45) is 5.92 Å². The third-order valence-electron chi connectivity index (χ3n) is 2.34. The average molecular weight is 307 g/mol. The van der Waals surface area contributed by atoms with Crippen LogP contribution in [0, 0.1) is 28.6 Å². The van der Waals surface area contributed by atoms with Crippen molar-refractivity contribution in [2.45, 2.75) is 23.1 Å². The van der Waals surface area contributed by atoms with Gasteiger partial charge in [0.1, 0.15) is 5.92 Å². The number of hydrogen-bond donors (Lipinski definition) is 1. The van der Waals surface area contributed by atoms with Crippen LogP contribution in [0.15, 0.2) is 22.1 Å². The molecule has 1 aromatic rings. The Bertz CT molecular complexity index is 550. The standard InChI is InChI=1S/C13H13N3O2S2/c1-2-19-12-10(3-5-16-11(12)13(17)18)20-6-4-9(7-14)8-15/h3,5,9H,2,4,6H2,1H3,(H,17,18). The van der Waals surface area contributed by atoms with Crippen LogP contribution in [0.2, 0.25) is 0 Å². The first kappa shape index (κ1) is 16.4. The number of thioether (sulfide) groups is 2. The van der Waals surface area contributed by atoms with Gasteiger partial charge < -0.3 is 5.11 Å². The molecule has 0 amide bonds. The van der Waals surface area contributed by atoms with E-state index in [0.29, 0.717) is 17.1 Å². The summed E-state index contributed by atoms with van der Waals surface area (Å²) >= 11 is 2.88. The molecule has 1 heterocycles. The first-order valence-electron chi connectivity index (χ1n) is 5.91. The van der Waals surface area contributed by atoms with E-state index in [1.807, 2.05) is 19.1 Å². The molecule has 1 rings (SSSR count). The van der Waals surface area contributed by atoms with E-state index in [-0.39, 0.29) is 5.69 Å². The molecule has 0 unspecified atom stereocenters. The van der Waals surface area contributed by atoms with Crippen molar-refractivity contribution >= 4 is 29.5 Å². The molecule has 0 saturated carbocycles. The Morgan fingerprint density at radius 2 is 2.15 bits per heavy atom. The Morgan fingerprint density at radius 3 is 2.70 bits per heavy atom. The van der Waals surface area contributed by atoms with Gasteiger partial charge in [0.05, 0.1) is 17.0 Å². The largest absolute Gasteiger partial charge is 0.476 e. The van der Waals surface area contributed by atoms with Crippen LogP contribution in [0.4, 0.5) is 0 Å². The van der Waals surface area contributed by atoms with Crippen LogP contribution in [0.3, 0.4) is 0 Å². The molecule has 0 fully saturated rings. The van der Waals surface area contributed by atoms with E-state index < -0.39 is 11.9 Å². The van der Waals surface area contributed by atoms with E-state index in [1.54, 1.807) is 6.07 Å². The molecule has 0 aliphatic rings. The van der Waals surface area contributed by atoms with Gasteiger partial charge in [-0.15, -0.1) is 23.5 Å². The Hall–Kier alpha value is -1.70. The van der Waals surface area contributed by atoms with Crippen molar-refractivity contribution in [3.05, 3.63) is 18.0 Å². The predicted molar refractivity (Wildman–Crippen MR) is 77.7 cm³/mol. The first-order chi connectivity index (χ1) is 9.63. The van der Waals surface area contributed by atoms with E-state index in [9.17, 15) is 4.79 Å². The second-order valence-corrected chi connectivity index (χ2v) is 6.08. The van der Waals surface area contributed by atoms with Gasteiger partial charge in [0.25, 0.3) is 0 Å². The molecule has 20 heavy (non-hydrogen) atoms. The molecular weight excluding hydrogens is 294 g/mol. The fourth-order valence-electron chi connectivity index (χ4n) is 1.43. The molecule has 0 aromatic carbocycles. The molecule has 0 radical (unpaired) electrons. The van der Waals surface area contributed by atoms with Crippen LogP contribution in [-0.2, 0) is 0 Å². The molecular formula is C13H13N3O2S2. The lowest BCUT2D eigenvalue weighted by Gasteiger charge is -2.10. The average Bonchev–Trinajstić information content (AvgIpc) is 2.45. The zero-order valence-corrected chi connectivity index (χ0v) is 12.5. The number of carboxylic acids is 1. The monoisotopic (exact) mass is 307 g/mol. The van der Waals surface area contributed by atoms with Crippen molar-refractivity contribution in [2.75, 3.05) is 11.5 Å². The summed E-state index contributed by atoms with van der Waals surface area (Å²) in [6, 6.07) is 5.61. The molecule has 0 atom stereocenters. The SMILES string of the molecule is CCSc1c(SCCC(C#N)C#N)ccnc1C(=O)O. The second-order valence-electron chi connectivity index (χ2n) is 3.67. The summed E-state index contributed by atoms with van der Waals surface area (Å²) in [5, 5.41) is 26.5. The van der Waals surface area contributed by atoms with Gasteiger partial charge in [0.2, 0.25) is 0 Å². The molecule has 104 valence electrons. The summed E-state index contributed by atoms with van der Waals surface area (Å²) in [6.07, 6.45) is 1.93. The van der Waals surface area contributed by atoms with Crippen molar-refractivity contribution < 1.29 is 9.90 Å². The van der Waals surface area contributed by atoms with Crippen molar-refractivity contribution in [3.63, 3.8) is 0 Å². The number of carboxylic acid groups (broad SMARTS) is 1. The second kappa shape index (κ2) is 8.47. The minimum atomic E-state index is -1.05. The van der Waals surface area contributed by atoms with E-state index in [1.165, 1.54) is 29.7 Å². The first-order valence-corrected chi connectivity index (χ1v) is 7.88. The van der Waals surface area contributed by atoms with E-state index in [0.717, 1.165) is 10.6 Å². The molecule has 7 heteroatoms. The number of hydrogen-bond acceptors (Lipinski definition) is 6. The highest BCUT2D eigenvalue weighted by atomic mass is 32.2. The fraction of sp³-hybridized carbons (Fsp3) is 0.385. The summed E-state index contributed by atoms with van der Waals surface area (Å²) in [7, 11) is 0. The number of nitrogens with zero attached hydrogens (tertiary/aromatic N) is 3. The highest BCUT2D eigenvalue weighted by Gasteiger charge is 2.16. The summed E-state index contributed by atoms with van der Waals surface area (Å²) in [6.45, 7) is 1.94. The summed E-state index contributed by atoms with van der Waals surface area (Å²) in [5.41, 5.74) is 0.0546. The number of carbonyl (C=O) groups is 1. The van der Waals surface area contributed by atoms with E-state index in [2.05, 4.69) is 4.98 Å². The summed E-state index contributed by atoms with van der Waals surface area (Å²) < 4.78 is 0. The molecule has 5 nitrogen and oxygen atoms in total. The molecule has 0 bridgehead atoms. The van der Waals surface area contributed by atoms with Gasteiger partial charge in [0.15, 0.2) is 5.69 Å². The molecule has 0 saturated heterocycles. The van der Waals surface area contributed by atoms with Gasteiger partial charge >= 0.3 is 5.97 Å². The zero-order chi connectivity index (χ0) is 15.0. The van der Waals surface area contributed by atoms with E-state index >= 15 is 0 Å². The van der Waals surface area contributed by atoms with Gasteiger partial charge in [0, 0.05) is 16.8 Å². The van der Waals surface area contributed by atoms with Gasteiger partial charge in [-0.05, 0) is 18.2 Å². The normalized spacial score (nSPS) is 10.0. The number of nitriles is 2. The summed E-state index contributed by atoms with van der Waals surface area (Å²) in [4.78, 5) is 16.5. The van der Waals surface area contributed by atoms with Crippen molar-refractivity contribution in [3.8, 4) is 12.1 Å². The highest BCUT2D eigenvalue weighted by molar-refractivity contribution is 8.02. The molecule has 0 aliphatic carbocycles. The minimum absolute atomic E-state index is 0.0546. The number of aromatic nitrogens is 1. The van der Waals surface area contributed by atoms with E-state index in [4.69, 9.17) is 15.6 Å². The topological polar surface area (TPSA) is 97.8 Å². The fourth-order valence-corrected chi connectivity index (χ4v) is 3.51.